The van der Waals surface area contributed by atoms with E-state index in [0.717, 1.165) is 58.3 Å². The molecule has 3 rings (SSSR count). The monoisotopic (exact) mass is 1210 g/mol. The number of carbonyl (C=O) groups is 2. The molecule has 22 nitrogen and oxygen atoms in total. The van der Waals surface area contributed by atoms with Crippen LogP contribution in [-0.4, -0.2) is 216 Å². The minimum absolute atomic E-state index is 0.130. The fourth-order valence-corrected chi connectivity index (χ4v) is 11.5. The first-order valence-electron chi connectivity index (χ1n) is 33.0. The highest BCUT2D eigenvalue weighted by atomic mass is 16.8. The molecule has 0 bridgehead atoms. The zero-order valence-corrected chi connectivity index (χ0v) is 51.5. The SMILES string of the molecule is CCCCCCCCCCCCCCCCCCCCC(O)C(=O)NC(COC1OC(COC2OC(CO)C(O)C(O)C2NC(C)=O)C(O)C(O)C1OC1OC(CO)C(O)C(O)C1O)C(O)C(O)CCCCCCCCCCCCCCCC. The summed E-state index contributed by atoms with van der Waals surface area (Å²) in [4.78, 5) is 25.8. The van der Waals surface area contributed by atoms with E-state index in [2.05, 4.69) is 24.5 Å². The maximum Gasteiger partial charge on any atom is 0.249 e. The van der Waals surface area contributed by atoms with E-state index in [4.69, 9.17) is 28.4 Å². The van der Waals surface area contributed by atoms with Gasteiger partial charge in [-0.15, -0.1) is 0 Å². The number of aliphatic hydroxyl groups is 12. The fourth-order valence-electron chi connectivity index (χ4n) is 11.5. The van der Waals surface area contributed by atoms with Gasteiger partial charge in [0.1, 0.15) is 85.4 Å². The molecule has 0 aromatic carbocycles. The smallest absolute Gasteiger partial charge is 0.249 e. The summed E-state index contributed by atoms with van der Waals surface area (Å²) in [5, 5.41) is 136. The van der Waals surface area contributed by atoms with E-state index >= 15 is 0 Å². The third-order valence-electron chi connectivity index (χ3n) is 17.0. The van der Waals surface area contributed by atoms with E-state index < -0.39 is 155 Å². The van der Waals surface area contributed by atoms with Gasteiger partial charge >= 0.3 is 0 Å². The van der Waals surface area contributed by atoms with Crippen molar-refractivity contribution in [2.24, 2.45) is 0 Å². The van der Waals surface area contributed by atoms with Crippen molar-refractivity contribution < 1.29 is 99.3 Å². The first kappa shape index (κ1) is 76.5. The number of carbonyl (C=O) groups excluding carboxylic acids is 2. The summed E-state index contributed by atoms with van der Waals surface area (Å²) in [6, 6.07) is -2.82. The highest BCUT2D eigenvalue weighted by Crippen LogP contribution is 2.32. The van der Waals surface area contributed by atoms with Gasteiger partial charge < -0.3 is 100 Å². The van der Waals surface area contributed by atoms with Gasteiger partial charge in [0.2, 0.25) is 11.8 Å². The lowest BCUT2D eigenvalue weighted by Crippen LogP contribution is -2.66. The standard InChI is InChI=1S/C62H118N2O20/c1-4-6-8-10-12-14-16-18-20-21-22-23-25-27-29-31-33-35-37-45(69)59(78)64-43(50(70)44(68)36-34-32-30-28-26-24-19-17-15-13-11-9-7-5-2)40-79-62-58(84-61-57(77)55(75)52(72)47(39-66)82-61)56(76)53(73)48(83-62)41-80-60-49(63-42(3)67)54(74)51(71)46(38-65)81-60/h43-58,60-62,65-66,68-77H,4-41H2,1-3H3,(H,63,67)(H,64,78). The normalized spacial score (nSPS) is 29.8. The summed E-state index contributed by atoms with van der Waals surface area (Å²) in [6.07, 6.45) is 8.54. The zero-order valence-electron chi connectivity index (χ0n) is 51.5. The molecule has 19 unspecified atom stereocenters. The maximum absolute atomic E-state index is 13.7. The van der Waals surface area contributed by atoms with Gasteiger partial charge in [-0.25, -0.2) is 0 Å². The summed E-state index contributed by atoms with van der Waals surface area (Å²) in [5.41, 5.74) is 0. The number of hydrogen-bond donors (Lipinski definition) is 14. The molecule has 3 aliphatic heterocycles. The molecule has 0 aromatic heterocycles. The third kappa shape index (κ3) is 28.8. The molecule has 0 radical (unpaired) electrons. The molecule has 2 amide bonds. The molecule has 0 aromatic rings. The van der Waals surface area contributed by atoms with E-state index in [9.17, 15) is 70.9 Å². The van der Waals surface area contributed by atoms with Crippen molar-refractivity contribution in [3.8, 4) is 0 Å². The lowest BCUT2D eigenvalue weighted by Gasteiger charge is -2.47. The van der Waals surface area contributed by atoms with Crippen LogP contribution in [-0.2, 0) is 38.0 Å². The van der Waals surface area contributed by atoms with Crippen molar-refractivity contribution in [3.63, 3.8) is 0 Å². The molecule has 84 heavy (non-hydrogen) atoms. The Morgan fingerprint density at radius 1 is 0.452 bits per heavy atom. The molecule has 0 saturated carbocycles. The first-order valence-corrected chi connectivity index (χ1v) is 33.0. The molecule has 3 heterocycles. The fraction of sp³-hybridized carbons (Fsp3) is 0.968. The van der Waals surface area contributed by atoms with Crippen molar-refractivity contribution in [2.75, 3.05) is 26.4 Å². The van der Waals surface area contributed by atoms with Gasteiger partial charge in [-0.05, 0) is 12.8 Å². The summed E-state index contributed by atoms with van der Waals surface area (Å²) in [6.45, 7) is 2.67. The molecule has 19 atom stereocenters. The third-order valence-corrected chi connectivity index (χ3v) is 17.0. The van der Waals surface area contributed by atoms with Gasteiger partial charge in [0.25, 0.3) is 0 Å². The molecule has 3 saturated heterocycles. The van der Waals surface area contributed by atoms with Crippen LogP contribution in [0.2, 0.25) is 0 Å². The van der Waals surface area contributed by atoms with Gasteiger partial charge in [-0.3, -0.25) is 9.59 Å². The largest absolute Gasteiger partial charge is 0.394 e. The lowest BCUT2D eigenvalue weighted by molar-refractivity contribution is -0.371. The van der Waals surface area contributed by atoms with Crippen molar-refractivity contribution in [3.05, 3.63) is 0 Å². The highest BCUT2D eigenvalue weighted by molar-refractivity contribution is 5.80. The van der Waals surface area contributed by atoms with E-state index in [0.29, 0.717) is 12.8 Å². The van der Waals surface area contributed by atoms with Crippen molar-refractivity contribution in [2.45, 2.75) is 355 Å². The number of ether oxygens (including phenoxy) is 6. The molecule has 0 aliphatic carbocycles. The Labute approximate surface area is 502 Å². The van der Waals surface area contributed by atoms with Gasteiger partial charge in [0, 0.05) is 6.92 Å². The molecule has 3 fully saturated rings. The predicted octanol–water partition coefficient (Wildman–Crippen LogP) is 4.47. The summed E-state index contributed by atoms with van der Waals surface area (Å²) < 4.78 is 35.3. The van der Waals surface area contributed by atoms with Crippen molar-refractivity contribution in [1.29, 1.82) is 0 Å². The number of amides is 2. The molecular weight excluding hydrogens is 1090 g/mol. The number of hydrogen-bond acceptors (Lipinski definition) is 20. The van der Waals surface area contributed by atoms with Gasteiger partial charge in [-0.2, -0.15) is 0 Å². The molecule has 3 aliphatic rings. The Morgan fingerprint density at radius 2 is 0.845 bits per heavy atom. The first-order chi connectivity index (χ1) is 40.5. The summed E-state index contributed by atoms with van der Waals surface area (Å²) in [7, 11) is 0. The number of rotatable bonds is 49. The minimum atomic E-state index is -2.01. The van der Waals surface area contributed by atoms with E-state index in [1.807, 2.05) is 0 Å². The second-order valence-corrected chi connectivity index (χ2v) is 24.3. The molecule has 14 N–H and O–H groups in total. The van der Waals surface area contributed by atoms with E-state index in [1.165, 1.54) is 141 Å². The highest BCUT2D eigenvalue weighted by Gasteiger charge is 2.52. The van der Waals surface area contributed by atoms with Gasteiger partial charge in [0.15, 0.2) is 18.9 Å². The van der Waals surface area contributed by atoms with Crippen LogP contribution >= 0.6 is 0 Å². The van der Waals surface area contributed by atoms with Gasteiger partial charge in [0.05, 0.1) is 38.6 Å². The van der Waals surface area contributed by atoms with Crippen LogP contribution in [0.1, 0.15) is 239 Å². The Kier molecular flexibility index (Phi) is 41.4. The average Bonchev–Trinajstić information content (AvgIpc) is 2.44. The number of aliphatic hydroxyl groups excluding tert-OH is 12. The summed E-state index contributed by atoms with van der Waals surface area (Å²) >= 11 is 0. The lowest BCUT2D eigenvalue weighted by atomic mass is 9.96. The molecular formula is C62H118N2O20. The Bertz CT molecular complexity index is 1640. The van der Waals surface area contributed by atoms with Crippen LogP contribution in [0.3, 0.4) is 0 Å². The Hall–Kier alpha value is -1.78. The van der Waals surface area contributed by atoms with Crippen LogP contribution in [0.4, 0.5) is 0 Å². The van der Waals surface area contributed by atoms with E-state index in [1.54, 1.807) is 0 Å². The summed E-state index contributed by atoms with van der Waals surface area (Å²) in [5.74, 6) is -1.48. The maximum atomic E-state index is 13.7. The minimum Gasteiger partial charge on any atom is -0.394 e. The Morgan fingerprint density at radius 3 is 1.29 bits per heavy atom. The topological polar surface area (TPSA) is 356 Å². The van der Waals surface area contributed by atoms with Crippen molar-refractivity contribution >= 4 is 11.8 Å². The van der Waals surface area contributed by atoms with Crippen LogP contribution in [0.25, 0.3) is 0 Å². The number of unbranched alkanes of at least 4 members (excludes halogenated alkanes) is 30. The van der Waals surface area contributed by atoms with Gasteiger partial charge in [-0.1, -0.05) is 219 Å². The molecule has 496 valence electrons. The zero-order chi connectivity index (χ0) is 61.7. The second kappa shape index (κ2) is 45.5. The predicted molar refractivity (Wildman–Crippen MR) is 315 cm³/mol. The quantitative estimate of drug-likeness (QED) is 0.0374. The van der Waals surface area contributed by atoms with Crippen LogP contribution in [0, 0.1) is 0 Å². The average molecular weight is 1210 g/mol. The van der Waals surface area contributed by atoms with E-state index in [-0.39, 0.29) is 12.8 Å². The van der Waals surface area contributed by atoms with Crippen LogP contribution in [0.15, 0.2) is 0 Å². The molecule has 22 heteroatoms. The van der Waals surface area contributed by atoms with Crippen molar-refractivity contribution in [1.82, 2.24) is 10.6 Å². The Balaban J connectivity index is 1.69. The van der Waals surface area contributed by atoms with Crippen LogP contribution in [0.5, 0.6) is 0 Å². The second-order valence-electron chi connectivity index (χ2n) is 24.3. The molecule has 0 spiro atoms. The number of nitrogens with one attached hydrogen (secondary N) is 2. The van der Waals surface area contributed by atoms with Crippen LogP contribution < -0.4 is 10.6 Å².